The average molecular weight is 484 g/mol. The van der Waals surface area contributed by atoms with Crippen molar-refractivity contribution < 1.29 is 17.3 Å². The van der Waals surface area contributed by atoms with E-state index >= 15 is 0 Å². The van der Waals surface area contributed by atoms with Crippen LogP contribution in [-0.2, 0) is 19.7 Å². The highest BCUT2D eigenvalue weighted by molar-refractivity contribution is 5.82. The van der Waals surface area contributed by atoms with Crippen LogP contribution in [-0.4, -0.2) is 25.6 Å². The molecule has 1 atom stereocenters. The van der Waals surface area contributed by atoms with Gasteiger partial charge >= 0.3 is 6.18 Å². The molecule has 3 aliphatic heterocycles. The zero-order valence-corrected chi connectivity index (χ0v) is 18.9. The number of pyridine rings is 2. The summed E-state index contributed by atoms with van der Waals surface area (Å²) in [6.07, 6.45) is -3.24. The van der Waals surface area contributed by atoms with Crippen LogP contribution in [0.4, 0.5) is 19.0 Å². The Morgan fingerprint density at radius 3 is 2.74 bits per heavy atom. The van der Waals surface area contributed by atoms with E-state index in [1.165, 1.54) is 18.3 Å². The Bertz CT molecular complexity index is 1640. The summed E-state index contributed by atoms with van der Waals surface area (Å²) in [6, 6.07) is 8.95. The molecule has 1 aromatic heterocycles. The molecule has 0 spiro atoms. The average Bonchev–Trinajstić information content (AvgIpc) is 3.33. The number of nitrogens with one attached hydrogen (secondary N) is 1. The van der Waals surface area contributed by atoms with Crippen LogP contribution in [0.15, 0.2) is 58.4 Å². The number of alkyl halides is 3. The van der Waals surface area contributed by atoms with Crippen LogP contribution in [0.25, 0.3) is 22.5 Å². The van der Waals surface area contributed by atoms with E-state index in [-0.39, 0.29) is 0 Å². The van der Waals surface area contributed by atoms with E-state index in [1.807, 2.05) is 4.57 Å². The van der Waals surface area contributed by atoms with Gasteiger partial charge in [0.25, 0.3) is 5.56 Å². The first kappa shape index (κ1) is 19.4. The summed E-state index contributed by atoms with van der Waals surface area (Å²) < 4.78 is 65.0. The molecule has 0 saturated carbocycles. The lowest BCUT2D eigenvalue weighted by molar-refractivity contribution is -0.137. The molecule has 0 bridgehead atoms. The summed E-state index contributed by atoms with van der Waals surface area (Å²) in [6.45, 7) is 1.98. The Hall–Kier alpha value is -3.95. The topological polar surface area (TPSA) is 77.1 Å². The van der Waals surface area contributed by atoms with Gasteiger partial charge in [-0.05, 0) is 49.2 Å². The lowest BCUT2D eigenvalue weighted by Crippen LogP contribution is -2.21. The molecular formula is C25H23F3N6O. The maximum Gasteiger partial charge on any atom is 0.416 e. The van der Waals surface area contributed by atoms with Crippen LogP contribution in [0.2, 0.25) is 0 Å². The molecule has 3 aliphatic rings. The molecule has 35 heavy (non-hydrogen) atoms. The number of hydrogen-bond acceptors (Lipinski definition) is 5. The van der Waals surface area contributed by atoms with Crippen molar-refractivity contribution in [1.82, 2.24) is 19.1 Å². The molecule has 2 aromatic rings. The Morgan fingerprint density at radius 2 is 2.00 bits per heavy atom. The molecule has 1 unspecified atom stereocenters. The molecule has 7 nitrogen and oxygen atoms in total. The van der Waals surface area contributed by atoms with Gasteiger partial charge in [-0.15, -0.1) is 0 Å². The molecule has 10 heteroatoms. The highest BCUT2D eigenvalue weighted by Gasteiger charge is 2.31. The lowest BCUT2D eigenvalue weighted by Gasteiger charge is -2.18. The predicted octanol–water partition coefficient (Wildman–Crippen LogP) is 4.16. The monoisotopic (exact) mass is 483 g/mol. The fourth-order valence-electron chi connectivity index (χ4n) is 4.24. The third kappa shape index (κ3) is 4.20. The number of aromatic nitrogens is 4. The van der Waals surface area contributed by atoms with Crippen LogP contribution < -0.4 is 16.4 Å². The molecule has 1 aromatic carbocycles. The zero-order valence-electron chi connectivity index (χ0n) is 21.9. The van der Waals surface area contributed by atoms with E-state index in [0.717, 1.165) is 12.1 Å². The number of nitrogens with zero attached hydrogens (tertiary/aromatic N) is 5. The lowest BCUT2D eigenvalue weighted by atomic mass is 10.0. The summed E-state index contributed by atoms with van der Waals surface area (Å²) in [5, 5.41) is 3.30. The molecule has 4 heterocycles. The van der Waals surface area contributed by atoms with Crippen molar-refractivity contribution in [2.75, 3.05) is 11.9 Å². The number of hydrogen-bond donors (Lipinski definition) is 1. The van der Waals surface area contributed by atoms with Gasteiger partial charge in [0.15, 0.2) is 5.49 Å². The van der Waals surface area contributed by atoms with Crippen molar-refractivity contribution in [2.45, 2.75) is 32.6 Å². The van der Waals surface area contributed by atoms with Crippen molar-refractivity contribution in [1.29, 1.82) is 0 Å². The number of anilines is 1. The second kappa shape index (κ2) is 8.37. The Balaban J connectivity index is 1.70. The fourth-order valence-corrected chi connectivity index (χ4v) is 4.24. The van der Waals surface area contributed by atoms with Gasteiger partial charge in [-0.3, -0.25) is 9.79 Å². The number of fused-ring (bicyclic) bond motifs is 3. The fraction of sp³-hybridized carbons (Fsp3) is 0.280. The normalized spacial score (nSPS) is 16.4. The number of halogens is 3. The van der Waals surface area contributed by atoms with Crippen LogP contribution in [0, 0.1) is 6.92 Å². The molecule has 0 fully saturated rings. The maximum absolute atomic E-state index is 13.3. The zero-order chi connectivity index (χ0) is 27.4. The highest BCUT2D eigenvalue weighted by atomic mass is 19.4. The quantitative estimate of drug-likeness (QED) is 0.475. The van der Waals surface area contributed by atoms with Gasteiger partial charge in [-0.1, -0.05) is 12.1 Å². The Morgan fingerprint density at radius 1 is 1.17 bits per heavy atom. The molecule has 1 N–H and O–H groups in total. The van der Waals surface area contributed by atoms with E-state index < -0.39 is 30.3 Å². The molecule has 0 aliphatic carbocycles. The van der Waals surface area contributed by atoms with Gasteiger partial charge in [0.1, 0.15) is 17.5 Å². The smallest absolute Gasteiger partial charge is 0.369 e. The second-order valence-electron chi connectivity index (χ2n) is 8.37. The minimum atomic E-state index is -4.47. The summed E-state index contributed by atoms with van der Waals surface area (Å²) in [7, 11) is 0. The van der Waals surface area contributed by atoms with Crippen LogP contribution in [0.1, 0.15) is 34.0 Å². The Labute approximate surface area is 203 Å². The summed E-state index contributed by atoms with van der Waals surface area (Å²) in [4.78, 5) is 26.3. The van der Waals surface area contributed by atoms with Crippen LogP contribution in [0.5, 0.6) is 0 Å². The van der Waals surface area contributed by atoms with E-state index in [9.17, 15) is 18.0 Å². The molecule has 180 valence electrons. The van der Waals surface area contributed by atoms with E-state index in [4.69, 9.17) is 4.11 Å². The highest BCUT2D eigenvalue weighted by Crippen LogP contribution is 2.36. The van der Waals surface area contributed by atoms with Crippen molar-refractivity contribution in [3.8, 4) is 22.5 Å². The van der Waals surface area contributed by atoms with Gasteiger partial charge in [0.2, 0.25) is 0 Å². The minimum Gasteiger partial charge on any atom is -0.369 e. The molecule has 0 saturated heterocycles. The SMILES string of the molecule is [2H]C([2H])([2H])n1ccc(-c2cc3c(=NC(C)c4cccc(C(F)(F)F)c4)nc(C)nc-3n3c2NCC3)cc1=O. The van der Waals surface area contributed by atoms with Gasteiger partial charge in [0.05, 0.1) is 17.2 Å². The number of aryl methyl sites for hydroxylation is 2. The number of rotatable bonds is 3. The van der Waals surface area contributed by atoms with Crippen LogP contribution >= 0.6 is 0 Å². The summed E-state index contributed by atoms with van der Waals surface area (Å²) in [5.74, 6) is 1.74. The standard InChI is InChI=1S/C25H23F3N6O/c1-14(16-5-4-6-18(11-16)25(26,27)28)30-22-20-13-19(17-7-9-33(3)21(35)12-17)23-29-8-10-34(23)24(20)32-15(2)31-22/h4-7,9,11-14,29H,8,10H2,1-3H3/i3D3. The summed E-state index contributed by atoms with van der Waals surface area (Å²) >= 11 is 0. The van der Waals surface area contributed by atoms with E-state index in [1.54, 1.807) is 32.0 Å². The van der Waals surface area contributed by atoms with Crippen molar-refractivity contribution in [3.63, 3.8) is 0 Å². The van der Waals surface area contributed by atoms with Crippen molar-refractivity contribution >= 4 is 5.82 Å². The molecule has 5 rings (SSSR count). The van der Waals surface area contributed by atoms with Crippen molar-refractivity contribution in [3.05, 3.63) is 81.5 Å². The molecule has 0 radical (unpaired) electrons. The first-order chi connectivity index (χ1) is 17.8. The Kier molecular flexibility index (Phi) is 4.63. The van der Waals surface area contributed by atoms with Gasteiger partial charge in [-0.25, -0.2) is 9.97 Å². The summed E-state index contributed by atoms with van der Waals surface area (Å²) in [5.41, 5.74) is 0.923. The first-order valence-corrected chi connectivity index (χ1v) is 10.9. The predicted molar refractivity (Wildman–Crippen MR) is 126 cm³/mol. The number of benzene rings is 1. The third-order valence-electron chi connectivity index (χ3n) is 5.96. The van der Waals surface area contributed by atoms with Crippen molar-refractivity contribution in [2.24, 2.45) is 12.0 Å². The van der Waals surface area contributed by atoms with Gasteiger partial charge in [0, 0.05) is 42.0 Å². The molecular weight excluding hydrogens is 457 g/mol. The first-order valence-electron chi connectivity index (χ1n) is 12.4. The second-order valence-corrected chi connectivity index (χ2v) is 8.37. The molecule has 0 amide bonds. The van der Waals surface area contributed by atoms with E-state index in [0.29, 0.717) is 62.9 Å². The third-order valence-corrected chi connectivity index (χ3v) is 5.96. The van der Waals surface area contributed by atoms with Gasteiger partial charge in [-0.2, -0.15) is 13.2 Å². The maximum atomic E-state index is 13.3. The minimum absolute atomic E-state index is 0.302. The largest absolute Gasteiger partial charge is 0.416 e. The van der Waals surface area contributed by atoms with Crippen LogP contribution in [0.3, 0.4) is 0 Å². The van der Waals surface area contributed by atoms with E-state index in [2.05, 4.69) is 20.3 Å². The van der Waals surface area contributed by atoms with Gasteiger partial charge < -0.3 is 14.5 Å².